The maximum atomic E-state index is 5.95. The van der Waals surface area contributed by atoms with E-state index in [9.17, 15) is 0 Å². The Morgan fingerprint density at radius 3 is 2.53 bits per heavy atom. The van der Waals surface area contributed by atoms with Crippen molar-refractivity contribution in [3.63, 3.8) is 0 Å². The van der Waals surface area contributed by atoms with Crippen LogP contribution in [0.4, 0.5) is 5.69 Å². The van der Waals surface area contributed by atoms with Crippen molar-refractivity contribution in [3.8, 4) is 0 Å². The van der Waals surface area contributed by atoms with Gasteiger partial charge in [0.2, 0.25) is 5.84 Å². The summed E-state index contributed by atoms with van der Waals surface area (Å²) in [6.07, 6.45) is 0.778. The third kappa shape index (κ3) is 2.36. The smallest absolute Gasteiger partial charge is 0.247 e. The number of hydrogen-bond donors (Lipinski definition) is 3. The molecule has 4 N–H and O–H groups in total. The lowest BCUT2D eigenvalue weighted by molar-refractivity contribution is -0.445. The SMILES string of the molecule is Nc1c(Cl)cc(CC2=[NH+]CCN2)cc1Cl. The molecule has 80 valence electrons. The number of halogens is 2. The van der Waals surface area contributed by atoms with Gasteiger partial charge >= 0.3 is 0 Å². The minimum Gasteiger partial charge on any atom is -0.396 e. The molecular formula is C10H12Cl2N3+. The van der Waals surface area contributed by atoms with Crippen LogP contribution in [0.1, 0.15) is 5.56 Å². The molecule has 0 saturated carbocycles. The summed E-state index contributed by atoms with van der Waals surface area (Å²) >= 11 is 11.9. The molecule has 1 heterocycles. The van der Waals surface area contributed by atoms with Gasteiger partial charge in [-0.2, -0.15) is 0 Å². The van der Waals surface area contributed by atoms with Gasteiger partial charge in [-0.05, 0) is 17.7 Å². The molecule has 0 saturated heterocycles. The van der Waals surface area contributed by atoms with Crippen LogP contribution in [-0.2, 0) is 6.42 Å². The van der Waals surface area contributed by atoms with E-state index in [1.54, 1.807) is 0 Å². The molecule has 3 nitrogen and oxygen atoms in total. The molecular weight excluding hydrogens is 233 g/mol. The van der Waals surface area contributed by atoms with Gasteiger partial charge < -0.3 is 5.73 Å². The number of anilines is 1. The average molecular weight is 245 g/mol. The van der Waals surface area contributed by atoms with E-state index in [0.717, 1.165) is 30.9 Å². The Balaban J connectivity index is 2.22. The first-order valence-electron chi connectivity index (χ1n) is 4.74. The second kappa shape index (κ2) is 4.29. The molecule has 0 unspecified atom stereocenters. The number of nitrogens with one attached hydrogen (secondary N) is 2. The summed E-state index contributed by atoms with van der Waals surface area (Å²) in [7, 11) is 0. The largest absolute Gasteiger partial charge is 0.396 e. The number of benzene rings is 1. The van der Waals surface area contributed by atoms with Crippen molar-refractivity contribution in [3.05, 3.63) is 27.7 Å². The average Bonchev–Trinajstić information content (AvgIpc) is 2.66. The van der Waals surface area contributed by atoms with Crippen molar-refractivity contribution in [1.29, 1.82) is 0 Å². The fourth-order valence-electron chi connectivity index (χ4n) is 1.56. The Morgan fingerprint density at radius 2 is 2.00 bits per heavy atom. The van der Waals surface area contributed by atoms with E-state index < -0.39 is 0 Å². The maximum Gasteiger partial charge on any atom is 0.247 e. The van der Waals surface area contributed by atoms with Crippen LogP contribution in [0.3, 0.4) is 0 Å². The van der Waals surface area contributed by atoms with Crippen LogP contribution < -0.4 is 16.0 Å². The zero-order chi connectivity index (χ0) is 10.8. The second-order valence-electron chi connectivity index (χ2n) is 3.48. The van der Waals surface area contributed by atoms with Crippen molar-refractivity contribution in [2.75, 3.05) is 18.8 Å². The van der Waals surface area contributed by atoms with Crippen LogP contribution in [-0.4, -0.2) is 18.9 Å². The van der Waals surface area contributed by atoms with Crippen molar-refractivity contribution >= 4 is 34.7 Å². The normalized spacial score (nSPS) is 14.9. The molecule has 1 aliphatic rings. The quantitative estimate of drug-likeness (QED) is 0.652. The van der Waals surface area contributed by atoms with Gasteiger partial charge in [0.25, 0.3) is 0 Å². The molecule has 0 fully saturated rings. The first-order valence-corrected chi connectivity index (χ1v) is 5.49. The van der Waals surface area contributed by atoms with E-state index in [1.807, 2.05) is 12.1 Å². The van der Waals surface area contributed by atoms with Crippen molar-refractivity contribution in [2.24, 2.45) is 0 Å². The van der Waals surface area contributed by atoms with Gasteiger partial charge in [-0.3, -0.25) is 10.3 Å². The molecule has 0 aliphatic carbocycles. The number of amidine groups is 1. The summed E-state index contributed by atoms with van der Waals surface area (Å²) in [6.45, 7) is 1.93. The molecule has 1 aromatic carbocycles. The standard InChI is InChI=1S/C10H11Cl2N3/c11-7-3-6(4-8(12)10(7)13)5-9-14-1-2-15-9/h3-4H,1-2,5,13H2,(H,14,15)/p+1. The topological polar surface area (TPSA) is 52.0 Å². The highest BCUT2D eigenvalue weighted by Gasteiger charge is 2.14. The van der Waals surface area contributed by atoms with E-state index >= 15 is 0 Å². The Labute approximate surface area is 98.3 Å². The highest BCUT2D eigenvalue weighted by atomic mass is 35.5. The Hall–Kier alpha value is -0.930. The molecule has 0 aromatic heterocycles. The highest BCUT2D eigenvalue weighted by molar-refractivity contribution is 6.38. The van der Waals surface area contributed by atoms with E-state index in [1.165, 1.54) is 0 Å². The molecule has 0 bridgehead atoms. The lowest BCUT2D eigenvalue weighted by Crippen LogP contribution is -2.71. The number of rotatable bonds is 2. The first kappa shape index (κ1) is 10.6. The van der Waals surface area contributed by atoms with Crippen LogP contribution in [0.5, 0.6) is 0 Å². The van der Waals surface area contributed by atoms with Crippen LogP contribution >= 0.6 is 23.2 Å². The first-order chi connectivity index (χ1) is 7.16. The zero-order valence-corrected chi connectivity index (χ0v) is 9.62. The summed E-state index contributed by atoms with van der Waals surface area (Å²) in [6, 6.07) is 3.69. The molecule has 0 amide bonds. The Kier molecular flexibility index (Phi) is 3.03. The predicted octanol–water partition coefficient (Wildman–Crippen LogP) is 0.200. The molecule has 15 heavy (non-hydrogen) atoms. The van der Waals surface area contributed by atoms with Crippen LogP contribution in [0.15, 0.2) is 12.1 Å². The monoisotopic (exact) mass is 244 g/mol. The van der Waals surface area contributed by atoms with Crippen LogP contribution in [0.25, 0.3) is 0 Å². The lowest BCUT2D eigenvalue weighted by atomic mass is 10.1. The van der Waals surface area contributed by atoms with E-state index in [0.29, 0.717) is 15.7 Å². The second-order valence-corrected chi connectivity index (χ2v) is 4.30. The maximum absolute atomic E-state index is 5.95. The van der Waals surface area contributed by atoms with Gasteiger partial charge in [0.15, 0.2) is 0 Å². The third-order valence-corrected chi connectivity index (χ3v) is 2.95. The predicted molar refractivity (Wildman–Crippen MR) is 63.4 cm³/mol. The number of nitrogens with two attached hydrogens (primary N) is 1. The molecule has 0 atom stereocenters. The fourth-order valence-corrected chi connectivity index (χ4v) is 2.09. The van der Waals surface area contributed by atoms with Crippen molar-refractivity contribution < 1.29 is 4.99 Å². The Morgan fingerprint density at radius 1 is 1.33 bits per heavy atom. The molecule has 0 radical (unpaired) electrons. The lowest BCUT2D eigenvalue weighted by Gasteiger charge is -2.04. The van der Waals surface area contributed by atoms with Gasteiger partial charge in [0.05, 0.1) is 22.2 Å². The molecule has 1 aromatic rings. The minimum atomic E-state index is 0.444. The number of hydrogen-bond acceptors (Lipinski definition) is 2. The van der Waals surface area contributed by atoms with Crippen LogP contribution in [0.2, 0.25) is 10.0 Å². The summed E-state index contributed by atoms with van der Waals surface area (Å²) in [4.78, 5) is 3.25. The van der Waals surface area contributed by atoms with Gasteiger partial charge in [0, 0.05) is 0 Å². The summed E-state index contributed by atoms with van der Waals surface area (Å²) in [5, 5.41) is 4.27. The van der Waals surface area contributed by atoms with Crippen LogP contribution in [0, 0.1) is 0 Å². The van der Waals surface area contributed by atoms with Gasteiger partial charge in [0.1, 0.15) is 13.1 Å². The molecule has 2 rings (SSSR count). The van der Waals surface area contributed by atoms with Gasteiger partial charge in [-0.1, -0.05) is 23.2 Å². The highest BCUT2D eigenvalue weighted by Crippen LogP contribution is 2.28. The van der Waals surface area contributed by atoms with Crippen molar-refractivity contribution in [1.82, 2.24) is 5.32 Å². The summed E-state index contributed by atoms with van der Waals surface area (Å²) < 4.78 is 0. The zero-order valence-electron chi connectivity index (χ0n) is 8.11. The molecule has 1 aliphatic heterocycles. The van der Waals surface area contributed by atoms with Gasteiger partial charge in [-0.25, -0.2) is 0 Å². The summed E-state index contributed by atoms with van der Waals surface area (Å²) in [5.74, 6) is 1.10. The molecule has 5 heteroatoms. The summed E-state index contributed by atoms with van der Waals surface area (Å²) in [5.41, 5.74) is 7.15. The van der Waals surface area contributed by atoms with Crippen molar-refractivity contribution in [2.45, 2.75) is 6.42 Å². The molecule has 0 spiro atoms. The third-order valence-electron chi connectivity index (χ3n) is 2.32. The van der Waals surface area contributed by atoms with E-state index in [2.05, 4.69) is 10.3 Å². The van der Waals surface area contributed by atoms with Gasteiger partial charge in [-0.15, -0.1) is 0 Å². The number of nitrogen functional groups attached to an aromatic ring is 1. The fraction of sp³-hybridized carbons (Fsp3) is 0.300. The Bertz CT molecular complexity index is 392. The van der Waals surface area contributed by atoms with E-state index in [-0.39, 0.29) is 0 Å². The minimum absolute atomic E-state index is 0.444. The van der Waals surface area contributed by atoms with E-state index in [4.69, 9.17) is 28.9 Å².